The Kier molecular flexibility index (Phi) is 3.16. The molecule has 0 heterocycles. The summed E-state index contributed by atoms with van der Waals surface area (Å²) in [4.78, 5) is 0. The molecule has 2 N–H and O–H groups in total. The fraction of sp³-hybridized carbons (Fsp3) is 0.0714. The third-order valence-electron chi connectivity index (χ3n) is 2.51. The van der Waals surface area contributed by atoms with E-state index in [4.69, 9.17) is 15.7 Å². The summed E-state index contributed by atoms with van der Waals surface area (Å²) in [5.74, 6) is 0.442. The predicted octanol–water partition coefficient (Wildman–Crippen LogP) is 3.38. The van der Waals surface area contributed by atoms with Crippen LogP contribution < -0.4 is 10.5 Å². The standard InChI is InChI=1S/C14H11FN2O/c1-9-2-4-11(15)7-14(9)18-13-5-3-10(8-16)6-12(13)17/h2-7H,17H2,1H3. The van der Waals surface area contributed by atoms with Gasteiger partial charge >= 0.3 is 0 Å². The van der Waals surface area contributed by atoms with Crippen molar-refractivity contribution in [3.63, 3.8) is 0 Å². The van der Waals surface area contributed by atoms with E-state index in [1.807, 2.05) is 13.0 Å². The average molecular weight is 242 g/mol. The van der Waals surface area contributed by atoms with E-state index in [0.717, 1.165) is 5.56 Å². The number of nitrogen functional groups attached to an aromatic ring is 1. The van der Waals surface area contributed by atoms with Gasteiger partial charge in [-0.05, 0) is 36.8 Å². The maximum absolute atomic E-state index is 13.1. The molecule has 0 saturated carbocycles. The van der Waals surface area contributed by atoms with Crippen LogP contribution in [0.2, 0.25) is 0 Å². The number of halogens is 1. The van der Waals surface area contributed by atoms with Crippen molar-refractivity contribution in [2.24, 2.45) is 0 Å². The van der Waals surface area contributed by atoms with Crippen molar-refractivity contribution in [3.05, 3.63) is 53.3 Å². The average Bonchev–Trinajstić information content (AvgIpc) is 2.36. The summed E-state index contributed by atoms with van der Waals surface area (Å²) in [6.45, 7) is 1.81. The molecule has 2 aromatic rings. The molecule has 18 heavy (non-hydrogen) atoms. The maximum Gasteiger partial charge on any atom is 0.150 e. The molecule has 0 aromatic heterocycles. The molecule has 0 aliphatic carbocycles. The molecule has 0 radical (unpaired) electrons. The summed E-state index contributed by atoms with van der Waals surface area (Å²) in [6, 6.07) is 11.0. The molecule has 2 aromatic carbocycles. The number of nitrogens with two attached hydrogens (primary N) is 1. The smallest absolute Gasteiger partial charge is 0.150 e. The Morgan fingerprint density at radius 3 is 2.61 bits per heavy atom. The van der Waals surface area contributed by atoms with Crippen LogP contribution in [0.3, 0.4) is 0 Å². The van der Waals surface area contributed by atoms with Crippen molar-refractivity contribution >= 4 is 5.69 Å². The number of ether oxygens (including phenoxy) is 1. The number of anilines is 1. The monoisotopic (exact) mass is 242 g/mol. The number of benzene rings is 2. The van der Waals surface area contributed by atoms with Gasteiger partial charge in [0.15, 0.2) is 0 Å². The van der Waals surface area contributed by atoms with Crippen molar-refractivity contribution in [3.8, 4) is 17.6 Å². The second kappa shape index (κ2) is 4.76. The Hall–Kier alpha value is -2.54. The highest BCUT2D eigenvalue weighted by Gasteiger charge is 2.06. The third kappa shape index (κ3) is 2.41. The first-order valence-electron chi connectivity index (χ1n) is 5.34. The summed E-state index contributed by atoms with van der Waals surface area (Å²) < 4.78 is 18.7. The first kappa shape index (κ1) is 11.9. The SMILES string of the molecule is Cc1ccc(F)cc1Oc1ccc(C#N)cc1N. The first-order chi connectivity index (χ1) is 8.60. The molecule has 0 amide bonds. The molecule has 0 saturated heterocycles. The Bertz CT molecular complexity index is 632. The van der Waals surface area contributed by atoms with Crippen LogP contribution in [0.1, 0.15) is 11.1 Å². The summed E-state index contributed by atoms with van der Waals surface area (Å²) in [5, 5.41) is 8.73. The van der Waals surface area contributed by atoms with Crippen LogP contribution in [0.15, 0.2) is 36.4 Å². The van der Waals surface area contributed by atoms with Gasteiger partial charge in [0.25, 0.3) is 0 Å². The van der Waals surface area contributed by atoms with Crippen molar-refractivity contribution in [1.29, 1.82) is 5.26 Å². The van der Waals surface area contributed by atoms with Gasteiger partial charge in [0, 0.05) is 6.07 Å². The van der Waals surface area contributed by atoms with Gasteiger partial charge in [0.05, 0.1) is 17.3 Å². The number of aryl methyl sites for hydroxylation is 1. The Labute approximate surface area is 104 Å². The van der Waals surface area contributed by atoms with Gasteiger partial charge in [0.1, 0.15) is 17.3 Å². The predicted molar refractivity (Wildman–Crippen MR) is 66.8 cm³/mol. The normalized spacial score (nSPS) is 9.83. The Balaban J connectivity index is 2.34. The molecule has 0 spiro atoms. The minimum Gasteiger partial charge on any atom is -0.455 e. The molecule has 0 aliphatic rings. The zero-order valence-electron chi connectivity index (χ0n) is 9.77. The molecule has 0 bridgehead atoms. The number of rotatable bonds is 2. The quantitative estimate of drug-likeness (QED) is 0.821. The third-order valence-corrected chi connectivity index (χ3v) is 2.51. The highest BCUT2D eigenvalue weighted by Crippen LogP contribution is 2.30. The van der Waals surface area contributed by atoms with Gasteiger partial charge in [-0.2, -0.15) is 5.26 Å². The molecule has 2 rings (SSSR count). The van der Waals surface area contributed by atoms with Crippen LogP contribution in [0.4, 0.5) is 10.1 Å². The van der Waals surface area contributed by atoms with Crippen LogP contribution in [0.25, 0.3) is 0 Å². The topological polar surface area (TPSA) is 59.0 Å². The molecule has 0 aliphatic heterocycles. The highest BCUT2D eigenvalue weighted by atomic mass is 19.1. The van der Waals surface area contributed by atoms with Crippen LogP contribution in [0, 0.1) is 24.1 Å². The molecule has 0 unspecified atom stereocenters. The minimum absolute atomic E-state index is 0.345. The lowest BCUT2D eigenvalue weighted by Gasteiger charge is -2.10. The lowest BCUT2D eigenvalue weighted by atomic mass is 10.2. The van der Waals surface area contributed by atoms with Crippen molar-refractivity contribution < 1.29 is 9.13 Å². The highest BCUT2D eigenvalue weighted by molar-refractivity contribution is 5.58. The first-order valence-corrected chi connectivity index (χ1v) is 5.34. The molecule has 4 heteroatoms. The van der Waals surface area contributed by atoms with E-state index in [-0.39, 0.29) is 5.82 Å². The van der Waals surface area contributed by atoms with E-state index in [1.165, 1.54) is 18.2 Å². The van der Waals surface area contributed by atoms with E-state index in [1.54, 1.807) is 18.2 Å². The van der Waals surface area contributed by atoms with Crippen LogP contribution >= 0.6 is 0 Å². The van der Waals surface area contributed by atoms with Gasteiger partial charge in [-0.1, -0.05) is 6.07 Å². The number of nitrogens with zero attached hydrogens (tertiary/aromatic N) is 1. The second-order valence-corrected chi connectivity index (χ2v) is 3.88. The van der Waals surface area contributed by atoms with Crippen LogP contribution in [-0.4, -0.2) is 0 Å². The van der Waals surface area contributed by atoms with E-state index < -0.39 is 0 Å². The summed E-state index contributed by atoms with van der Waals surface area (Å²) >= 11 is 0. The number of hydrogen-bond acceptors (Lipinski definition) is 3. The minimum atomic E-state index is -0.372. The lowest BCUT2D eigenvalue weighted by molar-refractivity contribution is 0.475. The lowest BCUT2D eigenvalue weighted by Crippen LogP contribution is -1.94. The van der Waals surface area contributed by atoms with Gasteiger partial charge in [-0.25, -0.2) is 4.39 Å². The fourth-order valence-electron chi connectivity index (χ4n) is 1.51. The molecular weight excluding hydrogens is 231 g/mol. The van der Waals surface area contributed by atoms with E-state index >= 15 is 0 Å². The van der Waals surface area contributed by atoms with E-state index in [2.05, 4.69) is 0 Å². The van der Waals surface area contributed by atoms with Crippen molar-refractivity contribution in [2.45, 2.75) is 6.92 Å². The second-order valence-electron chi connectivity index (χ2n) is 3.88. The zero-order chi connectivity index (χ0) is 13.1. The van der Waals surface area contributed by atoms with Gasteiger partial charge in [-0.15, -0.1) is 0 Å². The van der Waals surface area contributed by atoms with Crippen molar-refractivity contribution in [1.82, 2.24) is 0 Å². The molecule has 0 atom stereocenters. The molecular formula is C14H11FN2O. The Morgan fingerprint density at radius 2 is 1.94 bits per heavy atom. The number of nitriles is 1. The summed E-state index contributed by atoms with van der Waals surface area (Å²) in [5.41, 5.74) is 7.37. The van der Waals surface area contributed by atoms with Crippen LogP contribution in [0.5, 0.6) is 11.5 Å². The fourth-order valence-corrected chi connectivity index (χ4v) is 1.51. The molecule has 3 nitrogen and oxygen atoms in total. The van der Waals surface area contributed by atoms with Gasteiger partial charge < -0.3 is 10.5 Å². The summed E-state index contributed by atoms with van der Waals surface area (Å²) in [7, 11) is 0. The largest absolute Gasteiger partial charge is 0.455 e. The zero-order valence-corrected chi connectivity index (χ0v) is 9.77. The van der Waals surface area contributed by atoms with Gasteiger partial charge in [-0.3, -0.25) is 0 Å². The van der Waals surface area contributed by atoms with E-state index in [9.17, 15) is 4.39 Å². The van der Waals surface area contributed by atoms with Crippen molar-refractivity contribution in [2.75, 3.05) is 5.73 Å². The van der Waals surface area contributed by atoms with Crippen LogP contribution in [-0.2, 0) is 0 Å². The number of hydrogen-bond donors (Lipinski definition) is 1. The molecule has 90 valence electrons. The molecule has 0 fully saturated rings. The Morgan fingerprint density at radius 1 is 1.17 bits per heavy atom. The summed E-state index contributed by atoms with van der Waals surface area (Å²) in [6.07, 6.45) is 0. The maximum atomic E-state index is 13.1. The van der Waals surface area contributed by atoms with E-state index in [0.29, 0.717) is 22.7 Å². The van der Waals surface area contributed by atoms with Gasteiger partial charge in [0.2, 0.25) is 0 Å².